The molecule has 3 heterocycles. The fourth-order valence-corrected chi connectivity index (χ4v) is 8.14. The van der Waals surface area contributed by atoms with Gasteiger partial charge in [-0.3, -0.25) is 9.36 Å². The Balaban J connectivity index is 1.81. The van der Waals surface area contributed by atoms with Crippen molar-refractivity contribution in [3.05, 3.63) is 108 Å². The summed E-state index contributed by atoms with van der Waals surface area (Å²) in [5.74, 6) is 0.264. The minimum Gasteiger partial charge on any atom is -0.492 e. The van der Waals surface area contributed by atoms with Crippen molar-refractivity contribution in [3.8, 4) is 5.75 Å². The molecule has 6 nitrogen and oxygen atoms in total. The highest BCUT2D eigenvalue weighted by Crippen LogP contribution is 2.37. The number of carbonyl (C=O) groups excluding carboxylic acids is 1. The first-order valence-electron chi connectivity index (χ1n) is 11.9. The molecule has 0 aliphatic carbocycles. The maximum absolute atomic E-state index is 14.0. The molecule has 0 bridgehead atoms. The summed E-state index contributed by atoms with van der Waals surface area (Å²) < 4.78 is 15.6. The molecule has 1 aliphatic heterocycles. The van der Waals surface area contributed by atoms with E-state index in [1.54, 1.807) is 11.5 Å². The van der Waals surface area contributed by atoms with Gasteiger partial charge >= 0.3 is 5.97 Å². The van der Waals surface area contributed by atoms with Gasteiger partial charge in [0, 0.05) is 19.6 Å². The van der Waals surface area contributed by atoms with Crippen molar-refractivity contribution in [1.82, 2.24) is 4.57 Å². The number of halogens is 2. The van der Waals surface area contributed by atoms with Gasteiger partial charge in [0.15, 0.2) is 4.80 Å². The van der Waals surface area contributed by atoms with E-state index in [0.29, 0.717) is 27.2 Å². The number of carbonyl (C=O) groups is 1. The Morgan fingerprint density at radius 1 is 1.11 bits per heavy atom. The predicted octanol–water partition coefficient (Wildman–Crippen LogP) is 5.61. The third-order valence-electron chi connectivity index (χ3n) is 5.80. The van der Waals surface area contributed by atoms with Crippen LogP contribution in [0.4, 0.5) is 0 Å². The van der Waals surface area contributed by atoms with Gasteiger partial charge in [-0.05, 0) is 88.7 Å². The molecule has 0 unspecified atom stereocenters. The normalized spacial score (nSPS) is 15.3. The first-order chi connectivity index (χ1) is 18.4. The minimum atomic E-state index is -0.648. The second-order valence-corrected chi connectivity index (χ2v) is 12.6. The van der Waals surface area contributed by atoms with Crippen LogP contribution in [0.15, 0.2) is 75.3 Å². The molecule has 0 N–H and O–H groups in total. The van der Waals surface area contributed by atoms with Crippen LogP contribution >= 0.6 is 67.9 Å². The summed E-state index contributed by atoms with van der Waals surface area (Å²) in [5.41, 5.74) is 2.29. The molecule has 0 spiro atoms. The van der Waals surface area contributed by atoms with Crippen LogP contribution in [0.2, 0.25) is 0 Å². The Morgan fingerprint density at radius 2 is 1.89 bits per heavy atom. The highest BCUT2D eigenvalue weighted by atomic mass is 127. The number of nitrogens with zero attached hydrogens (tertiary/aromatic N) is 2. The average molecular weight is 768 g/mol. The van der Waals surface area contributed by atoms with Crippen LogP contribution in [0.1, 0.15) is 35.9 Å². The number of esters is 1. The van der Waals surface area contributed by atoms with E-state index in [-0.39, 0.29) is 12.2 Å². The number of hydrogen-bond donors (Lipinski definition) is 0. The predicted molar refractivity (Wildman–Crippen MR) is 168 cm³/mol. The summed E-state index contributed by atoms with van der Waals surface area (Å²) in [6, 6.07) is 16.8. The third-order valence-corrected chi connectivity index (χ3v) is 9.13. The van der Waals surface area contributed by atoms with Crippen LogP contribution in [0, 0.1) is 7.14 Å². The van der Waals surface area contributed by atoms with Crippen LogP contribution < -0.4 is 19.6 Å². The molecular weight excluding hydrogens is 746 g/mol. The van der Waals surface area contributed by atoms with E-state index in [1.807, 2.05) is 73.0 Å². The quantitative estimate of drug-likeness (QED) is 0.182. The fraction of sp³-hybridized carbons (Fsp3) is 0.179. The molecule has 5 rings (SSSR count). The summed E-state index contributed by atoms with van der Waals surface area (Å²) in [6.45, 7) is 4.45. The number of aromatic nitrogens is 1. The molecule has 194 valence electrons. The first-order valence-corrected chi connectivity index (χ1v) is 15.7. The standard InChI is InChI=1S/C28H22I2N2O4S2/c1-3-35-25-17(13-18(29)15-19(25)30)14-21-26(33)32-24(20-11-8-12-37-20)22(27(34)36-4-2)23(31-28(32)38-21)16-9-6-5-7-10-16/h5-15,24H,3-4H2,1-2H3/b21-14-/t24-/m0/s1. The lowest BCUT2D eigenvalue weighted by molar-refractivity contribution is -0.138. The maximum Gasteiger partial charge on any atom is 0.338 e. The molecule has 2 aromatic carbocycles. The molecule has 0 saturated heterocycles. The van der Waals surface area contributed by atoms with E-state index in [2.05, 4.69) is 45.2 Å². The second kappa shape index (κ2) is 11.8. The van der Waals surface area contributed by atoms with E-state index in [9.17, 15) is 9.59 Å². The summed E-state index contributed by atoms with van der Waals surface area (Å²) >= 11 is 7.32. The van der Waals surface area contributed by atoms with E-state index in [0.717, 1.165) is 28.9 Å². The molecule has 4 aromatic rings. The zero-order chi connectivity index (χ0) is 26.8. The zero-order valence-electron chi connectivity index (χ0n) is 20.4. The Kier molecular flexibility index (Phi) is 8.50. The van der Waals surface area contributed by atoms with Crippen LogP contribution in [-0.2, 0) is 9.53 Å². The summed E-state index contributed by atoms with van der Waals surface area (Å²) in [7, 11) is 0. The van der Waals surface area contributed by atoms with Crippen molar-refractivity contribution in [2.75, 3.05) is 13.2 Å². The Bertz CT molecular complexity index is 1710. The van der Waals surface area contributed by atoms with E-state index in [1.165, 1.54) is 22.7 Å². The number of thiazole rings is 1. The maximum atomic E-state index is 14.0. The van der Waals surface area contributed by atoms with E-state index >= 15 is 0 Å². The highest BCUT2D eigenvalue weighted by molar-refractivity contribution is 14.1. The molecule has 0 saturated carbocycles. The SMILES string of the molecule is CCOC(=O)C1=C(c2ccccc2)N=c2s/c(=C\c3cc(I)cc(I)c3OCC)c(=O)n2[C@H]1c1cccs1. The average Bonchev–Trinajstić information content (AvgIpc) is 3.54. The third kappa shape index (κ3) is 5.27. The fourth-order valence-electron chi connectivity index (χ4n) is 4.28. The molecule has 10 heteroatoms. The second-order valence-electron chi connectivity index (χ2n) is 8.19. The molecule has 0 fully saturated rings. The van der Waals surface area contributed by atoms with Crippen molar-refractivity contribution in [3.63, 3.8) is 0 Å². The van der Waals surface area contributed by atoms with Crippen LogP contribution in [0.25, 0.3) is 11.8 Å². The van der Waals surface area contributed by atoms with Gasteiger partial charge in [0.2, 0.25) is 0 Å². The first kappa shape index (κ1) is 27.3. The Labute approximate surface area is 254 Å². The van der Waals surface area contributed by atoms with E-state index < -0.39 is 12.0 Å². The van der Waals surface area contributed by atoms with Gasteiger partial charge in [-0.2, -0.15) is 0 Å². The lowest BCUT2D eigenvalue weighted by atomic mass is 9.97. The number of fused-ring (bicyclic) bond motifs is 1. The molecule has 1 atom stereocenters. The minimum absolute atomic E-state index is 0.211. The van der Waals surface area contributed by atoms with Crippen molar-refractivity contribution < 1.29 is 14.3 Å². The van der Waals surface area contributed by atoms with Gasteiger partial charge in [-0.25, -0.2) is 9.79 Å². The molecule has 1 aliphatic rings. The largest absolute Gasteiger partial charge is 0.492 e. The Hall–Kier alpha value is -2.29. The monoisotopic (exact) mass is 768 g/mol. The topological polar surface area (TPSA) is 69.9 Å². The van der Waals surface area contributed by atoms with Crippen LogP contribution in [-0.4, -0.2) is 23.8 Å². The molecule has 38 heavy (non-hydrogen) atoms. The highest BCUT2D eigenvalue weighted by Gasteiger charge is 2.35. The number of thiophene rings is 1. The smallest absolute Gasteiger partial charge is 0.338 e. The van der Waals surface area contributed by atoms with Crippen molar-refractivity contribution in [2.24, 2.45) is 4.99 Å². The molecule has 0 amide bonds. The number of benzene rings is 2. The Morgan fingerprint density at radius 3 is 2.58 bits per heavy atom. The number of rotatable bonds is 7. The van der Waals surface area contributed by atoms with Gasteiger partial charge in [0.25, 0.3) is 5.56 Å². The molecule has 0 radical (unpaired) electrons. The molecule has 2 aromatic heterocycles. The molecular formula is C28H22I2N2O4S2. The van der Waals surface area contributed by atoms with Gasteiger partial charge in [-0.15, -0.1) is 11.3 Å². The number of hydrogen-bond acceptors (Lipinski definition) is 7. The zero-order valence-corrected chi connectivity index (χ0v) is 26.4. The van der Waals surface area contributed by atoms with E-state index in [4.69, 9.17) is 14.5 Å². The van der Waals surface area contributed by atoms with Gasteiger partial charge in [0.1, 0.15) is 11.8 Å². The van der Waals surface area contributed by atoms with Gasteiger partial charge in [-0.1, -0.05) is 47.7 Å². The number of ether oxygens (including phenoxy) is 2. The summed E-state index contributed by atoms with van der Waals surface area (Å²) in [4.78, 5) is 33.7. The van der Waals surface area contributed by atoms with Crippen molar-refractivity contribution >= 4 is 85.6 Å². The van der Waals surface area contributed by atoms with Gasteiger partial charge < -0.3 is 9.47 Å². The summed E-state index contributed by atoms with van der Waals surface area (Å²) in [5, 5.41) is 1.94. The lowest BCUT2D eigenvalue weighted by Crippen LogP contribution is -2.39. The van der Waals surface area contributed by atoms with Crippen molar-refractivity contribution in [2.45, 2.75) is 19.9 Å². The van der Waals surface area contributed by atoms with Crippen molar-refractivity contribution in [1.29, 1.82) is 0 Å². The van der Waals surface area contributed by atoms with Crippen LogP contribution in [0.3, 0.4) is 0 Å². The van der Waals surface area contributed by atoms with Gasteiger partial charge in [0.05, 0.1) is 32.6 Å². The lowest BCUT2D eigenvalue weighted by Gasteiger charge is -2.24. The summed E-state index contributed by atoms with van der Waals surface area (Å²) in [6.07, 6.45) is 1.86. The van der Waals surface area contributed by atoms with Crippen LogP contribution in [0.5, 0.6) is 5.75 Å².